The number of likely N-dealkylation sites (tertiary alicyclic amines) is 1. The van der Waals surface area contributed by atoms with Crippen molar-refractivity contribution in [3.63, 3.8) is 0 Å². The molecule has 3 rings (SSSR count). The normalized spacial score (nSPS) is 18.5. The topological polar surface area (TPSA) is 83.5 Å². The van der Waals surface area contributed by atoms with Crippen LogP contribution in [0.3, 0.4) is 0 Å². The van der Waals surface area contributed by atoms with E-state index >= 15 is 0 Å². The largest absolute Gasteiger partial charge is 0.497 e. The van der Waals surface area contributed by atoms with Crippen molar-refractivity contribution >= 4 is 11.7 Å². The molecule has 1 saturated heterocycles. The third kappa shape index (κ3) is 5.58. The van der Waals surface area contributed by atoms with Crippen LogP contribution >= 0.6 is 0 Å². The van der Waals surface area contributed by atoms with Crippen LogP contribution in [0.5, 0.6) is 11.5 Å². The summed E-state index contributed by atoms with van der Waals surface area (Å²) in [5.74, 6) is 0.286. The molecule has 3 atom stereocenters. The van der Waals surface area contributed by atoms with E-state index in [1.165, 1.54) is 6.92 Å². The molecule has 1 aliphatic heterocycles. The van der Waals surface area contributed by atoms with Gasteiger partial charge < -0.3 is 28.6 Å². The third-order valence-electron chi connectivity index (χ3n) is 6.09. The first-order valence-electron chi connectivity index (χ1n) is 11.2. The standard InChI is InChI=1S/C26H33NO7/c1-17(28)23-24(18(2)34-16-33-15-14-30-3)27(26(23)29)25(19-6-10-21(31-4)11-7-19)20-8-12-22(32-5)13-9-20/h6-13,18,23-25H,14-16H2,1-5H3/t18-,23+,24+/m0/s1. The number of amides is 1. The van der Waals surface area contributed by atoms with Crippen molar-refractivity contribution < 1.29 is 33.3 Å². The minimum atomic E-state index is -0.757. The van der Waals surface area contributed by atoms with Gasteiger partial charge in [-0.15, -0.1) is 0 Å². The van der Waals surface area contributed by atoms with Crippen molar-refractivity contribution in [1.29, 1.82) is 0 Å². The van der Waals surface area contributed by atoms with Gasteiger partial charge in [0.05, 0.1) is 45.6 Å². The number of rotatable bonds is 13. The summed E-state index contributed by atoms with van der Waals surface area (Å²) < 4.78 is 26.9. The van der Waals surface area contributed by atoms with Crippen LogP contribution in [0.2, 0.25) is 0 Å². The van der Waals surface area contributed by atoms with E-state index in [2.05, 4.69) is 0 Å². The molecule has 0 N–H and O–H groups in total. The van der Waals surface area contributed by atoms with Crippen LogP contribution in [-0.4, -0.2) is 70.1 Å². The Morgan fingerprint density at radius 3 is 1.88 bits per heavy atom. The molecular formula is C26H33NO7. The number of β-lactam (4-membered cyclic amide) rings is 1. The fraction of sp³-hybridized carbons (Fsp3) is 0.462. The highest BCUT2D eigenvalue weighted by Crippen LogP contribution is 2.42. The summed E-state index contributed by atoms with van der Waals surface area (Å²) in [5, 5.41) is 0. The zero-order valence-electron chi connectivity index (χ0n) is 20.4. The molecule has 0 saturated carbocycles. The van der Waals surface area contributed by atoms with Crippen LogP contribution < -0.4 is 9.47 Å². The molecule has 0 unspecified atom stereocenters. The van der Waals surface area contributed by atoms with E-state index in [9.17, 15) is 9.59 Å². The van der Waals surface area contributed by atoms with E-state index in [4.69, 9.17) is 23.7 Å². The van der Waals surface area contributed by atoms with Gasteiger partial charge in [0.15, 0.2) is 0 Å². The summed E-state index contributed by atoms with van der Waals surface area (Å²) in [4.78, 5) is 27.5. The van der Waals surface area contributed by atoms with E-state index in [-0.39, 0.29) is 18.5 Å². The second-order valence-electron chi connectivity index (χ2n) is 8.16. The van der Waals surface area contributed by atoms with Crippen LogP contribution in [0.1, 0.15) is 31.0 Å². The van der Waals surface area contributed by atoms with Crippen molar-refractivity contribution in [2.75, 3.05) is 41.3 Å². The number of methoxy groups -OCH3 is 3. The Hall–Kier alpha value is -2.94. The molecule has 2 aromatic carbocycles. The highest BCUT2D eigenvalue weighted by molar-refractivity contribution is 6.06. The maximum Gasteiger partial charge on any atom is 0.236 e. The van der Waals surface area contributed by atoms with E-state index in [0.29, 0.717) is 13.2 Å². The molecule has 0 spiro atoms. The van der Waals surface area contributed by atoms with Gasteiger partial charge in [-0.05, 0) is 49.2 Å². The first kappa shape index (κ1) is 25.7. The number of Topliss-reactive ketones (excluding diaryl/α,β-unsaturated/α-hetero) is 1. The van der Waals surface area contributed by atoms with Crippen molar-refractivity contribution in [3.8, 4) is 11.5 Å². The van der Waals surface area contributed by atoms with Gasteiger partial charge in [-0.1, -0.05) is 24.3 Å². The average Bonchev–Trinajstić information content (AvgIpc) is 2.85. The number of nitrogens with zero attached hydrogens (tertiary/aromatic N) is 1. The monoisotopic (exact) mass is 471 g/mol. The van der Waals surface area contributed by atoms with Gasteiger partial charge in [0.25, 0.3) is 0 Å². The average molecular weight is 472 g/mol. The fourth-order valence-corrected chi connectivity index (χ4v) is 4.28. The van der Waals surface area contributed by atoms with Crippen LogP contribution in [0.15, 0.2) is 48.5 Å². The number of hydrogen-bond donors (Lipinski definition) is 0. The minimum absolute atomic E-state index is 0.0451. The number of benzene rings is 2. The maximum absolute atomic E-state index is 13.3. The number of hydrogen-bond acceptors (Lipinski definition) is 7. The molecule has 34 heavy (non-hydrogen) atoms. The molecule has 8 nitrogen and oxygen atoms in total. The first-order valence-corrected chi connectivity index (χ1v) is 11.2. The molecule has 0 aromatic heterocycles. The zero-order chi connectivity index (χ0) is 24.7. The summed E-state index contributed by atoms with van der Waals surface area (Å²) in [6.45, 7) is 4.21. The highest BCUT2D eigenvalue weighted by atomic mass is 16.7. The Kier molecular flexibility index (Phi) is 9.04. The Morgan fingerprint density at radius 1 is 0.912 bits per heavy atom. The van der Waals surface area contributed by atoms with Crippen molar-refractivity contribution in [2.24, 2.45) is 5.92 Å². The van der Waals surface area contributed by atoms with Gasteiger partial charge >= 0.3 is 0 Å². The van der Waals surface area contributed by atoms with E-state index in [0.717, 1.165) is 22.6 Å². The Bertz CT molecular complexity index is 897. The molecule has 184 valence electrons. The van der Waals surface area contributed by atoms with Crippen LogP contribution in [0.4, 0.5) is 0 Å². The molecule has 8 heteroatoms. The Morgan fingerprint density at radius 2 is 1.44 bits per heavy atom. The summed E-state index contributed by atoms with van der Waals surface area (Å²) >= 11 is 0. The van der Waals surface area contributed by atoms with Crippen molar-refractivity contribution in [1.82, 2.24) is 4.90 Å². The second-order valence-corrected chi connectivity index (χ2v) is 8.16. The number of ether oxygens (including phenoxy) is 5. The van der Waals surface area contributed by atoms with Gasteiger partial charge in [0.1, 0.15) is 30.0 Å². The number of carbonyl (C=O) groups is 2. The third-order valence-corrected chi connectivity index (χ3v) is 6.09. The van der Waals surface area contributed by atoms with Gasteiger partial charge in [-0.25, -0.2) is 0 Å². The van der Waals surface area contributed by atoms with Gasteiger partial charge in [0.2, 0.25) is 5.91 Å². The van der Waals surface area contributed by atoms with E-state index in [1.807, 2.05) is 55.5 Å². The summed E-state index contributed by atoms with van der Waals surface area (Å²) in [6.07, 6.45) is -0.423. The molecule has 0 aliphatic carbocycles. The van der Waals surface area contributed by atoms with Crippen molar-refractivity contribution in [3.05, 3.63) is 59.7 Å². The minimum Gasteiger partial charge on any atom is -0.497 e. The smallest absolute Gasteiger partial charge is 0.236 e. The van der Waals surface area contributed by atoms with Gasteiger partial charge in [-0.2, -0.15) is 0 Å². The van der Waals surface area contributed by atoms with Gasteiger partial charge in [-0.3, -0.25) is 9.59 Å². The molecule has 1 amide bonds. The highest BCUT2D eigenvalue weighted by Gasteiger charge is 2.55. The quantitative estimate of drug-likeness (QED) is 0.192. The molecule has 1 aliphatic rings. The SMILES string of the molecule is COCCOCO[C@@H](C)[C@@H]1[C@@H](C(C)=O)C(=O)N1C(c1ccc(OC)cc1)c1ccc(OC)cc1. The molecule has 0 radical (unpaired) electrons. The number of carbonyl (C=O) groups excluding carboxylic acids is 2. The predicted molar refractivity (Wildman–Crippen MR) is 126 cm³/mol. The molecular weight excluding hydrogens is 438 g/mol. The Balaban J connectivity index is 1.93. The fourth-order valence-electron chi connectivity index (χ4n) is 4.28. The van der Waals surface area contributed by atoms with E-state index < -0.39 is 24.1 Å². The zero-order valence-corrected chi connectivity index (χ0v) is 20.4. The first-order chi connectivity index (χ1) is 16.4. The summed E-state index contributed by atoms with van der Waals surface area (Å²) in [6, 6.07) is 14.3. The lowest BCUT2D eigenvalue weighted by atomic mass is 9.78. The molecule has 1 heterocycles. The second kappa shape index (κ2) is 12.0. The lowest BCUT2D eigenvalue weighted by Crippen LogP contribution is -2.68. The van der Waals surface area contributed by atoms with Crippen LogP contribution in [-0.2, 0) is 23.8 Å². The lowest BCUT2D eigenvalue weighted by molar-refractivity contribution is -0.182. The molecule has 1 fully saturated rings. The Labute approximate surface area is 200 Å². The van der Waals surface area contributed by atoms with Crippen LogP contribution in [0, 0.1) is 5.92 Å². The van der Waals surface area contributed by atoms with Crippen molar-refractivity contribution in [2.45, 2.75) is 32.0 Å². The lowest BCUT2D eigenvalue weighted by Gasteiger charge is -2.52. The van der Waals surface area contributed by atoms with Gasteiger partial charge in [0, 0.05) is 7.11 Å². The molecule has 0 bridgehead atoms. The summed E-state index contributed by atoms with van der Waals surface area (Å²) in [7, 11) is 4.81. The predicted octanol–water partition coefficient (Wildman–Crippen LogP) is 3.23. The molecule has 2 aromatic rings. The van der Waals surface area contributed by atoms with Crippen LogP contribution in [0.25, 0.3) is 0 Å². The maximum atomic E-state index is 13.3. The summed E-state index contributed by atoms with van der Waals surface area (Å²) in [5.41, 5.74) is 1.80. The van der Waals surface area contributed by atoms with E-state index in [1.54, 1.807) is 26.2 Å². The number of ketones is 1.